The predicted molar refractivity (Wildman–Crippen MR) is 107 cm³/mol. The van der Waals surface area contributed by atoms with Crippen LogP contribution in [0.2, 0.25) is 0 Å². The van der Waals surface area contributed by atoms with Crippen molar-refractivity contribution in [1.29, 1.82) is 0 Å². The molecule has 4 atom stereocenters. The summed E-state index contributed by atoms with van der Waals surface area (Å²) in [5.41, 5.74) is -1.30. The van der Waals surface area contributed by atoms with Crippen molar-refractivity contribution in [3.05, 3.63) is 36.2 Å². The van der Waals surface area contributed by atoms with Crippen LogP contribution in [0, 0.1) is 5.92 Å². The zero-order valence-electron chi connectivity index (χ0n) is 17.5. The van der Waals surface area contributed by atoms with Gasteiger partial charge in [0, 0.05) is 30.6 Å². The molecule has 0 unspecified atom stereocenters. The third-order valence-electron chi connectivity index (χ3n) is 6.44. The molecular weight excluding hydrogens is 411 g/mol. The number of urea groups is 1. The summed E-state index contributed by atoms with van der Waals surface area (Å²) in [6.45, 7) is 4.11. The van der Waals surface area contributed by atoms with Gasteiger partial charge in [-0.25, -0.2) is 9.78 Å². The van der Waals surface area contributed by atoms with Gasteiger partial charge >= 0.3 is 12.2 Å². The number of fused-ring (bicyclic) bond motifs is 2. The molecule has 2 heterocycles. The van der Waals surface area contributed by atoms with Gasteiger partial charge in [-0.2, -0.15) is 18.3 Å². The van der Waals surface area contributed by atoms with Gasteiger partial charge in [0.25, 0.3) is 0 Å². The molecule has 1 saturated carbocycles. The fraction of sp³-hybridized carbons (Fsp3) is 0.524. The zero-order valence-corrected chi connectivity index (χ0v) is 17.5. The smallest absolute Gasteiger partial charge is 0.379 e. The van der Waals surface area contributed by atoms with Gasteiger partial charge in [-0.1, -0.05) is 6.92 Å². The summed E-state index contributed by atoms with van der Waals surface area (Å²) >= 11 is 0. The normalized spacial score (nSPS) is 26.2. The third kappa shape index (κ3) is 3.73. The van der Waals surface area contributed by atoms with E-state index >= 15 is 0 Å². The lowest BCUT2D eigenvalue weighted by molar-refractivity contribution is -0.155. The van der Waals surface area contributed by atoms with Gasteiger partial charge in [0.1, 0.15) is 0 Å². The van der Waals surface area contributed by atoms with Crippen LogP contribution in [-0.4, -0.2) is 50.9 Å². The van der Waals surface area contributed by atoms with E-state index in [9.17, 15) is 18.0 Å². The van der Waals surface area contributed by atoms with Crippen molar-refractivity contribution in [1.82, 2.24) is 20.1 Å². The van der Waals surface area contributed by atoms with Crippen molar-refractivity contribution in [3.63, 3.8) is 0 Å². The van der Waals surface area contributed by atoms with Crippen LogP contribution in [0.1, 0.15) is 38.7 Å². The number of halogens is 3. The molecule has 0 radical (unpaired) electrons. The van der Waals surface area contributed by atoms with Gasteiger partial charge in [-0.15, -0.1) is 5.10 Å². The van der Waals surface area contributed by atoms with E-state index in [1.54, 1.807) is 12.0 Å². The first-order valence-electron chi connectivity index (χ1n) is 10.1. The molecule has 0 spiro atoms. The minimum absolute atomic E-state index is 0.0944. The van der Waals surface area contributed by atoms with Crippen LogP contribution < -0.4 is 5.32 Å². The van der Waals surface area contributed by atoms with E-state index in [-0.39, 0.29) is 35.3 Å². The lowest BCUT2D eigenvalue weighted by atomic mass is 9.62. The van der Waals surface area contributed by atoms with E-state index in [2.05, 4.69) is 27.4 Å². The van der Waals surface area contributed by atoms with Crippen LogP contribution in [0.4, 0.5) is 23.7 Å². The number of alkyl halides is 3. The number of carbonyl (C=O) groups is 1. The van der Waals surface area contributed by atoms with Gasteiger partial charge in [0.15, 0.2) is 5.82 Å². The van der Waals surface area contributed by atoms with E-state index in [0.717, 1.165) is 25.3 Å². The quantitative estimate of drug-likeness (QED) is 0.772. The summed E-state index contributed by atoms with van der Waals surface area (Å²) in [5, 5.41) is 10.1. The number of hydrogen-bond acceptors (Lipinski definition) is 5. The predicted octanol–water partition coefficient (Wildman–Crippen LogP) is 4.37. The number of benzene rings is 1. The van der Waals surface area contributed by atoms with E-state index < -0.39 is 17.3 Å². The standard InChI is InChI=1S/C21H24F3N5O2/c1-12-8-15-11-20(10-12,13(2)31-3)29(15)19(30)27-14-4-5-17(21(22,23)24)16(9-14)18-25-6-7-26-28-18/h4-7,9,12-13,15H,8,10-11H2,1-3H3,(H,27,30)/t12-,13-,15+,20-/m1/s1. The fourth-order valence-electron chi connectivity index (χ4n) is 5.09. The first kappa shape index (κ1) is 21.5. The molecule has 1 aromatic carbocycles. The largest absolute Gasteiger partial charge is 0.417 e. The van der Waals surface area contributed by atoms with Crippen molar-refractivity contribution < 1.29 is 22.7 Å². The molecule has 1 aromatic heterocycles. The SMILES string of the molecule is CO[C@H](C)[C@@]12C[C@H](C)C[C@@H](C1)N2C(=O)Nc1ccc(C(F)(F)F)c(-c2nccnn2)c1. The van der Waals surface area contributed by atoms with Crippen LogP contribution in [-0.2, 0) is 10.9 Å². The highest BCUT2D eigenvalue weighted by atomic mass is 19.4. The Balaban J connectivity index is 1.63. The number of likely N-dealkylation sites (tertiary alicyclic amines) is 1. The minimum Gasteiger partial charge on any atom is -0.379 e. The molecule has 31 heavy (non-hydrogen) atoms. The highest BCUT2D eigenvalue weighted by Crippen LogP contribution is 2.52. The Bertz CT molecular complexity index is 971. The molecule has 166 valence electrons. The minimum atomic E-state index is -4.60. The monoisotopic (exact) mass is 435 g/mol. The summed E-state index contributed by atoms with van der Waals surface area (Å²) in [4.78, 5) is 18.9. The second-order valence-corrected chi connectivity index (χ2v) is 8.41. The number of amides is 2. The van der Waals surface area contributed by atoms with Crippen LogP contribution >= 0.6 is 0 Å². The number of carbonyl (C=O) groups excluding carboxylic acids is 1. The number of piperidine rings is 1. The number of nitrogens with one attached hydrogen (secondary N) is 1. The lowest BCUT2D eigenvalue weighted by Gasteiger charge is -2.65. The summed E-state index contributed by atoms with van der Waals surface area (Å²) < 4.78 is 46.1. The zero-order chi connectivity index (χ0) is 22.4. The molecule has 10 heteroatoms. The average Bonchev–Trinajstić information content (AvgIpc) is 2.72. The molecule has 2 aliphatic rings. The topological polar surface area (TPSA) is 80.2 Å². The molecule has 2 bridgehead atoms. The molecule has 1 saturated heterocycles. The van der Waals surface area contributed by atoms with Gasteiger partial charge in [0.2, 0.25) is 0 Å². The van der Waals surface area contributed by atoms with Crippen molar-refractivity contribution in [3.8, 4) is 11.4 Å². The molecule has 1 N–H and O–H groups in total. The van der Waals surface area contributed by atoms with Crippen LogP contribution in [0.5, 0.6) is 0 Å². The van der Waals surface area contributed by atoms with Gasteiger partial charge in [-0.3, -0.25) is 0 Å². The Labute approximate surface area is 178 Å². The number of nitrogens with zero attached hydrogens (tertiary/aromatic N) is 4. The molecule has 1 aliphatic carbocycles. The first-order chi connectivity index (χ1) is 14.7. The maximum absolute atomic E-state index is 13.5. The maximum Gasteiger partial charge on any atom is 0.417 e. The Morgan fingerprint density at radius 3 is 2.74 bits per heavy atom. The highest BCUT2D eigenvalue weighted by Gasteiger charge is 2.61. The molecule has 4 rings (SSSR count). The number of aromatic nitrogens is 3. The summed E-state index contributed by atoms with van der Waals surface area (Å²) in [6, 6.07) is 3.16. The Kier molecular flexibility index (Phi) is 5.36. The summed E-state index contributed by atoms with van der Waals surface area (Å²) in [6.07, 6.45) is 0.390. The molecular formula is C21H24F3N5O2. The van der Waals surface area contributed by atoms with Crippen LogP contribution in [0.25, 0.3) is 11.4 Å². The van der Waals surface area contributed by atoms with Crippen molar-refractivity contribution in [2.24, 2.45) is 5.92 Å². The molecule has 7 nitrogen and oxygen atoms in total. The highest BCUT2D eigenvalue weighted by molar-refractivity contribution is 5.92. The average molecular weight is 435 g/mol. The number of rotatable bonds is 4. The maximum atomic E-state index is 13.5. The molecule has 1 aliphatic heterocycles. The van der Waals surface area contributed by atoms with Gasteiger partial charge in [-0.05, 0) is 50.3 Å². The van der Waals surface area contributed by atoms with Crippen molar-refractivity contribution in [2.45, 2.75) is 57.0 Å². The Morgan fingerprint density at radius 1 is 1.32 bits per heavy atom. The number of methoxy groups -OCH3 is 1. The Morgan fingerprint density at radius 2 is 2.10 bits per heavy atom. The van der Waals surface area contributed by atoms with E-state index in [0.29, 0.717) is 5.92 Å². The second kappa shape index (κ2) is 7.74. The number of hydrogen-bond donors (Lipinski definition) is 1. The third-order valence-corrected chi connectivity index (χ3v) is 6.44. The second-order valence-electron chi connectivity index (χ2n) is 8.41. The van der Waals surface area contributed by atoms with Crippen molar-refractivity contribution >= 4 is 11.7 Å². The lowest BCUT2D eigenvalue weighted by Crippen LogP contribution is -2.76. The molecule has 2 aromatic rings. The number of ether oxygens (including phenoxy) is 1. The Hall–Kier alpha value is -2.75. The van der Waals surface area contributed by atoms with E-state index in [4.69, 9.17) is 4.74 Å². The van der Waals surface area contributed by atoms with E-state index in [1.807, 2.05) is 6.92 Å². The summed E-state index contributed by atoms with van der Waals surface area (Å²) in [7, 11) is 1.62. The first-order valence-corrected chi connectivity index (χ1v) is 10.1. The molecule has 2 fully saturated rings. The van der Waals surface area contributed by atoms with Crippen molar-refractivity contribution in [2.75, 3.05) is 12.4 Å². The van der Waals surface area contributed by atoms with Gasteiger partial charge in [0.05, 0.1) is 23.4 Å². The number of anilines is 1. The summed E-state index contributed by atoms with van der Waals surface area (Å²) in [5.74, 6) is 0.311. The van der Waals surface area contributed by atoms with E-state index in [1.165, 1.54) is 24.5 Å². The van der Waals surface area contributed by atoms with Gasteiger partial charge < -0.3 is 15.0 Å². The van der Waals surface area contributed by atoms with Crippen LogP contribution in [0.15, 0.2) is 30.6 Å². The van der Waals surface area contributed by atoms with Crippen LogP contribution in [0.3, 0.4) is 0 Å². The molecule has 2 amide bonds. The fourth-order valence-corrected chi connectivity index (χ4v) is 5.09.